The van der Waals surface area contributed by atoms with Crippen LogP contribution in [0.25, 0.3) is 0 Å². The number of carbonyl (C=O) groups is 1. The first-order valence-electron chi connectivity index (χ1n) is 6.53. The minimum atomic E-state index is -0.367. The molecule has 1 atom stereocenters. The molecule has 19 heavy (non-hydrogen) atoms. The highest BCUT2D eigenvalue weighted by molar-refractivity contribution is 5.67. The van der Waals surface area contributed by atoms with E-state index in [4.69, 9.17) is 4.74 Å². The average molecular weight is 264 g/mol. The van der Waals surface area contributed by atoms with Gasteiger partial charge in [0.25, 0.3) is 0 Å². The zero-order chi connectivity index (χ0) is 14.4. The number of benzene rings is 1. The summed E-state index contributed by atoms with van der Waals surface area (Å²) in [5.74, 6) is 0. The zero-order valence-corrected chi connectivity index (χ0v) is 12.5. The molecular formula is C15H24N2O2. The molecule has 1 aromatic rings. The topological polar surface area (TPSA) is 41.6 Å². The fourth-order valence-corrected chi connectivity index (χ4v) is 2.12. The Balaban J connectivity index is 2.41. The summed E-state index contributed by atoms with van der Waals surface area (Å²) in [4.78, 5) is 13.6. The van der Waals surface area contributed by atoms with Gasteiger partial charge >= 0.3 is 6.09 Å². The summed E-state index contributed by atoms with van der Waals surface area (Å²) < 4.78 is 5.25. The molecule has 0 heterocycles. The van der Waals surface area contributed by atoms with Gasteiger partial charge in [0, 0.05) is 13.1 Å². The molecule has 4 heteroatoms. The zero-order valence-electron chi connectivity index (χ0n) is 12.5. The van der Waals surface area contributed by atoms with Crippen molar-refractivity contribution in [2.24, 2.45) is 0 Å². The van der Waals surface area contributed by atoms with Gasteiger partial charge in [0.1, 0.15) is 6.10 Å². The molecule has 4 nitrogen and oxygen atoms in total. The van der Waals surface area contributed by atoms with Crippen molar-refractivity contribution in [1.82, 2.24) is 10.2 Å². The lowest BCUT2D eigenvalue weighted by atomic mass is 10.1. The predicted octanol–water partition coefficient (Wildman–Crippen LogP) is 2.48. The van der Waals surface area contributed by atoms with E-state index in [-0.39, 0.29) is 12.2 Å². The summed E-state index contributed by atoms with van der Waals surface area (Å²) in [7, 11) is 3.90. The van der Waals surface area contributed by atoms with E-state index in [9.17, 15) is 4.79 Å². The summed E-state index contributed by atoms with van der Waals surface area (Å²) >= 11 is 0. The maximum absolute atomic E-state index is 11.6. The van der Waals surface area contributed by atoms with Gasteiger partial charge in [0.05, 0.1) is 0 Å². The normalized spacial score (nSPS) is 12.3. The highest BCUT2D eigenvalue weighted by Crippen LogP contribution is 2.08. The van der Waals surface area contributed by atoms with Gasteiger partial charge in [0.2, 0.25) is 0 Å². The van der Waals surface area contributed by atoms with Crippen LogP contribution in [0.4, 0.5) is 4.79 Å². The molecule has 106 valence electrons. The third kappa shape index (κ3) is 6.25. The number of alkyl carbamates (subject to hydrolysis) is 1. The Morgan fingerprint density at radius 3 is 2.37 bits per heavy atom. The highest BCUT2D eigenvalue weighted by Gasteiger charge is 2.09. The molecule has 0 fully saturated rings. The fourth-order valence-electron chi connectivity index (χ4n) is 2.12. The number of amides is 1. The summed E-state index contributed by atoms with van der Waals surface area (Å²) in [6.07, 6.45) is -0.484. The number of likely N-dealkylation sites (N-methyl/N-ethyl adjacent to an activating group) is 1. The molecule has 0 aliphatic rings. The second kappa shape index (κ2) is 7.14. The molecular weight excluding hydrogens is 240 g/mol. The molecule has 1 rings (SSSR count). The molecule has 0 saturated heterocycles. The molecule has 0 radical (unpaired) electrons. The largest absolute Gasteiger partial charge is 0.445 e. The van der Waals surface area contributed by atoms with E-state index in [2.05, 4.69) is 23.5 Å². The minimum Gasteiger partial charge on any atom is -0.445 e. The van der Waals surface area contributed by atoms with E-state index in [0.717, 1.165) is 12.1 Å². The van der Waals surface area contributed by atoms with Crippen LogP contribution in [0, 0.1) is 13.8 Å². The summed E-state index contributed by atoms with van der Waals surface area (Å²) in [5.41, 5.74) is 3.49. The molecule has 0 aromatic heterocycles. The van der Waals surface area contributed by atoms with Crippen molar-refractivity contribution < 1.29 is 9.53 Å². The van der Waals surface area contributed by atoms with Crippen molar-refractivity contribution in [2.75, 3.05) is 20.6 Å². The maximum atomic E-state index is 11.6. The van der Waals surface area contributed by atoms with Crippen LogP contribution in [0.5, 0.6) is 0 Å². The van der Waals surface area contributed by atoms with Gasteiger partial charge in [-0.25, -0.2) is 4.79 Å². The molecule has 0 saturated carbocycles. The number of rotatable bonds is 5. The van der Waals surface area contributed by atoms with Gasteiger partial charge in [-0.05, 0) is 40.4 Å². The molecule has 0 aliphatic carbocycles. The molecule has 1 amide bonds. The Morgan fingerprint density at radius 1 is 1.26 bits per heavy atom. The third-order valence-electron chi connectivity index (χ3n) is 2.65. The monoisotopic (exact) mass is 264 g/mol. The lowest BCUT2D eigenvalue weighted by Crippen LogP contribution is -2.32. The molecule has 1 N–H and O–H groups in total. The Kier molecular flexibility index (Phi) is 5.83. The number of hydrogen-bond donors (Lipinski definition) is 1. The predicted molar refractivity (Wildman–Crippen MR) is 77.3 cm³/mol. The molecule has 1 aromatic carbocycles. The van der Waals surface area contributed by atoms with E-state index >= 15 is 0 Å². The second-order valence-corrected chi connectivity index (χ2v) is 5.33. The van der Waals surface area contributed by atoms with Crippen molar-refractivity contribution in [3.05, 3.63) is 34.9 Å². The smallest absolute Gasteiger partial charge is 0.407 e. The van der Waals surface area contributed by atoms with Gasteiger partial charge in [-0.1, -0.05) is 29.3 Å². The van der Waals surface area contributed by atoms with Crippen LogP contribution in [-0.2, 0) is 11.3 Å². The van der Waals surface area contributed by atoms with Crippen molar-refractivity contribution in [3.8, 4) is 0 Å². The number of hydrogen-bond acceptors (Lipinski definition) is 3. The number of carbonyl (C=O) groups excluding carboxylic acids is 1. The van der Waals surface area contributed by atoms with Crippen LogP contribution >= 0.6 is 0 Å². The lowest BCUT2D eigenvalue weighted by Gasteiger charge is -2.17. The summed E-state index contributed by atoms with van der Waals surface area (Å²) in [5, 5.41) is 2.78. The van der Waals surface area contributed by atoms with E-state index in [1.165, 1.54) is 11.1 Å². The highest BCUT2D eigenvalue weighted by atomic mass is 16.6. The van der Waals surface area contributed by atoms with Gasteiger partial charge in [0.15, 0.2) is 0 Å². The Labute approximate surface area is 115 Å². The molecule has 0 spiro atoms. The first-order valence-corrected chi connectivity index (χ1v) is 6.53. The van der Waals surface area contributed by atoms with E-state index in [1.807, 2.05) is 39.8 Å². The van der Waals surface area contributed by atoms with Crippen LogP contribution < -0.4 is 5.32 Å². The quantitative estimate of drug-likeness (QED) is 0.888. The van der Waals surface area contributed by atoms with E-state index in [1.54, 1.807) is 0 Å². The van der Waals surface area contributed by atoms with Gasteiger partial charge in [-0.2, -0.15) is 0 Å². The van der Waals surface area contributed by atoms with Crippen molar-refractivity contribution in [1.29, 1.82) is 0 Å². The number of nitrogens with zero attached hydrogens (tertiary/aromatic N) is 1. The van der Waals surface area contributed by atoms with Crippen molar-refractivity contribution in [2.45, 2.75) is 33.4 Å². The van der Waals surface area contributed by atoms with Crippen LogP contribution in [-0.4, -0.2) is 37.7 Å². The van der Waals surface area contributed by atoms with Crippen LogP contribution in [0.3, 0.4) is 0 Å². The third-order valence-corrected chi connectivity index (χ3v) is 2.65. The maximum Gasteiger partial charge on any atom is 0.407 e. The van der Waals surface area contributed by atoms with Crippen LogP contribution in [0.15, 0.2) is 18.2 Å². The number of aryl methyl sites for hydroxylation is 2. The first kappa shape index (κ1) is 15.5. The SMILES string of the molecule is Cc1cc(C)cc(CNC(=O)OC(C)CN(C)C)c1. The molecule has 1 unspecified atom stereocenters. The van der Waals surface area contributed by atoms with Crippen LogP contribution in [0.1, 0.15) is 23.6 Å². The van der Waals surface area contributed by atoms with E-state index in [0.29, 0.717) is 6.54 Å². The van der Waals surface area contributed by atoms with Crippen molar-refractivity contribution in [3.63, 3.8) is 0 Å². The average Bonchev–Trinajstić information content (AvgIpc) is 2.23. The lowest BCUT2D eigenvalue weighted by molar-refractivity contribution is 0.0905. The van der Waals surface area contributed by atoms with Gasteiger partial charge < -0.3 is 15.0 Å². The number of nitrogens with one attached hydrogen (secondary N) is 1. The fraction of sp³-hybridized carbons (Fsp3) is 0.533. The number of ether oxygens (including phenoxy) is 1. The first-order chi connectivity index (χ1) is 8.86. The second-order valence-electron chi connectivity index (χ2n) is 5.33. The Morgan fingerprint density at radius 2 is 1.84 bits per heavy atom. The van der Waals surface area contributed by atoms with Gasteiger partial charge in [-0.3, -0.25) is 0 Å². The summed E-state index contributed by atoms with van der Waals surface area (Å²) in [6.45, 7) is 7.20. The standard InChI is InChI=1S/C15H24N2O2/c1-11-6-12(2)8-14(7-11)9-16-15(18)19-13(3)10-17(4)5/h6-8,13H,9-10H2,1-5H3,(H,16,18). The Bertz CT molecular complexity index is 410. The molecule has 0 bridgehead atoms. The molecule has 0 aliphatic heterocycles. The van der Waals surface area contributed by atoms with Crippen molar-refractivity contribution >= 4 is 6.09 Å². The minimum absolute atomic E-state index is 0.116. The van der Waals surface area contributed by atoms with Gasteiger partial charge in [-0.15, -0.1) is 0 Å². The Hall–Kier alpha value is -1.55. The van der Waals surface area contributed by atoms with Crippen LogP contribution in [0.2, 0.25) is 0 Å². The van der Waals surface area contributed by atoms with E-state index < -0.39 is 0 Å². The summed E-state index contributed by atoms with van der Waals surface area (Å²) in [6, 6.07) is 6.24.